The van der Waals surface area contributed by atoms with Crippen LogP contribution < -0.4 is 0 Å². The number of aliphatic hydroxyl groups excluding tert-OH is 1. The van der Waals surface area contributed by atoms with Gasteiger partial charge in [-0.05, 0) is 26.3 Å². The minimum absolute atomic E-state index is 0.127. The summed E-state index contributed by atoms with van der Waals surface area (Å²) in [7, 11) is 0. The van der Waals surface area contributed by atoms with Gasteiger partial charge >= 0.3 is 0 Å². The Bertz CT molecular complexity index is 300. The summed E-state index contributed by atoms with van der Waals surface area (Å²) in [5.41, 5.74) is 0. The molecule has 0 bridgehead atoms. The predicted molar refractivity (Wildman–Crippen MR) is 57.4 cm³/mol. The molecule has 0 amide bonds. The van der Waals surface area contributed by atoms with Gasteiger partial charge in [-0.3, -0.25) is 4.90 Å². The van der Waals surface area contributed by atoms with Gasteiger partial charge in [0.25, 0.3) is 0 Å². The number of rotatable bonds is 2. The molecule has 1 N–H and O–H groups in total. The van der Waals surface area contributed by atoms with Gasteiger partial charge in [-0.2, -0.15) is 0 Å². The molecule has 78 valence electrons. The third-order valence-electron chi connectivity index (χ3n) is 2.53. The van der Waals surface area contributed by atoms with Crippen LogP contribution in [0.1, 0.15) is 22.7 Å². The summed E-state index contributed by atoms with van der Waals surface area (Å²) in [4.78, 5) is 7.84. The number of piperidine rings is 1. The fraction of sp³-hybridized carbons (Fsp3) is 0.700. The number of aliphatic hydroxyl groups is 1. The van der Waals surface area contributed by atoms with Gasteiger partial charge < -0.3 is 5.11 Å². The van der Waals surface area contributed by atoms with E-state index in [0.717, 1.165) is 37.5 Å². The zero-order valence-electron chi connectivity index (χ0n) is 8.44. The monoisotopic (exact) mass is 212 g/mol. The second kappa shape index (κ2) is 4.38. The van der Waals surface area contributed by atoms with Crippen molar-refractivity contribution in [1.82, 2.24) is 9.88 Å². The molecule has 1 aliphatic heterocycles. The molecule has 0 spiro atoms. The van der Waals surface area contributed by atoms with Crippen LogP contribution in [0.4, 0.5) is 0 Å². The van der Waals surface area contributed by atoms with Gasteiger partial charge in [0.05, 0.1) is 11.1 Å². The Hall–Kier alpha value is -0.450. The third-order valence-corrected chi connectivity index (χ3v) is 3.43. The minimum Gasteiger partial charge on any atom is -0.392 e. The molecule has 1 atom stereocenters. The molecule has 2 rings (SSSR count). The molecule has 1 aromatic rings. The molecule has 1 saturated heterocycles. The quantitative estimate of drug-likeness (QED) is 0.805. The van der Waals surface area contributed by atoms with Crippen LogP contribution in [0, 0.1) is 6.92 Å². The van der Waals surface area contributed by atoms with E-state index in [1.165, 1.54) is 4.88 Å². The van der Waals surface area contributed by atoms with Crippen molar-refractivity contribution in [2.24, 2.45) is 0 Å². The van der Waals surface area contributed by atoms with Crippen LogP contribution in [0.3, 0.4) is 0 Å². The van der Waals surface area contributed by atoms with Crippen molar-refractivity contribution in [2.45, 2.75) is 32.4 Å². The summed E-state index contributed by atoms with van der Waals surface area (Å²) in [5, 5.41) is 10.6. The third kappa shape index (κ3) is 2.53. The molecule has 1 aliphatic rings. The summed E-state index contributed by atoms with van der Waals surface area (Å²) in [6.07, 6.45) is 3.88. The van der Waals surface area contributed by atoms with Gasteiger partial charge in [0.15, 0.2) is 0 Å². The molecule has 0 aromatic carbocycles. The summed E-state index contributed by atoms with van der Waals surface area (Å²) >= 11 is 1.75. The van der Waals surface area contributed by atoms with Gasteiger partial charge in [0.1, 0.15) is 0 Å². The Balaban J connectivity index is 1.90. The molecule has 1 fully saturated rings. The molecule has 14 heavy (non-hydrogen) atoms. The first-order valence-electron chi connectivity index (χ1n) is 5.06. The van der Waals surface area contributed by atoms with Crippen LogP contribution in [0.5, 0.6) is 0 Å². The summed E-state index contributed by atoms with van der Waals surface area (Å²) < 4.78 is 0. The summed E-state index contributed by atoms with van der Waals surface area (Å²) in [5.74, 6) is 0. The normalized spacial score (nSPS) is 24.0. The number of nitrogens with zero attached hydrogens (tertiary/aromatic N) is 2. The lowest BCUT2D eigenvalue weighted by Gasteiger charge is -2.29. The fourth-order valence-corrected chi connectivity index (χ4v) is 2.71. The molecule has 1 unspecified atom stereocenters. The predicted octanol–water partition coefficient (Wildman–Crippen LogP) is 1.41. The van der Waals surface area contributed by atoms with E-state index >= 15 is 0 Å². The first-order valence-corrected chi connectivity index (χ1v) is 5.87. The summed E-state index contributed by atoms with van der Waals surface area (Å²) in [6.45, 7) is 4.90. The minimum atomic E-state index is -0.127. The molecular formula is C10H16N2OS. The van der Waals surface area contributed by atoms with E-state index in [1.807, 2.05) is 13.1 Å². The highest BCUT2D eigenvalue weighted by Crippen LogP contribution is 2.17. The second-order valence-electron chi connectivity index (χ2n) is 3.88. The smallest absolute Gasteiger partial charge is 0.0897 e. The number of β-amino-alcohol motifs (C(OH)–C–C–N with tert-alkyl or cyclic N) is 1. The molecule has 4 heteroatoms. The van der Waals surface area contributed by atoms with Crippen LogP contribution >= 0.6 is 11.3 Å². The van der Waals surface area contributed by atoms with Gasteiger partial charge in [0, 0.05) is 24.2 Å². The van der Waals surface area contributed by atoms with E-state index in [1.54, 1.807) is 11.3 Å². The first kappa shape index (κ1) is 10.1. The molecule has 1 aromatic heterocycles. The lowest BCUT2D eigenvalue weighted by Crippen LogP contribution is -2.37. The SMILES string of the molecule is Cc1ncc(CN2CCCC(O)C2)s1. The van der Waals surface area contributed by atoms with E-state index in [-0.39, 0.29) is 6.10 Å². The van der Waals surface area contributed by atoms with Crippen LogP contribution in [-0.4, -0.2) is 34.2 Å². The standard InChI is InChI=1S/C10H16N2OS/c1-8-11-5-10(14-8)7-12-4-2-3-9(13)6-12/h5,9,13H,2-4,6-7H2,1H3. The Morgan fingerprint density at radius 1 is 1.71 bits per heavy atom. The number of hydrogen-bond acceptors (Lipinski definition) is 4. The average molecular weight is 212 g/mol. The van der Waals surface area contributed by atoms with Crippen molar-refractivity contribution in [3.63, 3.8) is 0 Å². The van der Waals surface area contributed by atoms with Crippen molar-refractivity contribution in [1.29, 1.82) is 0 Å². The lowest BCUT2D eigenvalue weighted by molar-refractivity contribution is 0.0673. The zero-order chi connectivity index (χ0) is 9.97. The number of aryl methyl sites for hydroxylation is 1. The molecule has 2 heterocycles. The molecule has 3 nitrogen and oxygen atoms in total. The number of hydrogen-bond donors (Lipinski definition) is 1. The van der Waals surface area contributed by atoms with Crippen molar-refractivity contribution < 1.29 is 5.11 Å². The van der Waals surface area contributed by atoms with Crippen molar-refractivity contribution >= 4 is 11.3 Å². The van der Waals surface area contributed by atoms with Gasteiger partial charge in [-0.1, -0.05) is 0 Å². The largest absolute Gasteiger partial charge is 0.392 e. The zero-order valence-corrected chi connectivity index (χ0v) is 9.26. The number of thiazole rings is 1. The Morgan fingerprint density at radius 3 is 3.21 bits per heavy atom. The van der Waals surface area contributed by atoms with E-state index in [9.17, 15) is 5.11 Å². The molecule has 0 radical (unpaired) electrons. The highest BCUT2D eigenvalue weighted by atomic mass is 32.1. The van der Waals surface area contributed by atoms with Crippen LogP contribution in [0.15, 0.2) is 6.20 Å². The van der Waals surface area contributed by atoms with Gasteiger partial charge in [0.2, 0.25) is 0 Å². The van der Waals surface area contributed by atoms with Crippen molar-refractivity contribution in [3.05, 3.63) is 16.1 Å². The Morgan fingerprint density at radius 2 is 2.57 bits per heavy atom. The lowest BCUT2D eigenvalue weighted by atomic mass is 10.1. The Labute approximate surface area is 88.4 Å². The maximum absolute atomic E-state index is 9.51. The van der Waals surface area contributed by atoms with Gasteiger partial charge in [-0.15, -0.1) is 11.3 Å². The van der Waals surface area contributed by atoms with E-state index < -0.39 is 0 Å². The maximum atomic E-state index is 9.51. The molecule has 0 aliphatic carbocycles. The molecular weight excluding hydrogens is 196 g/mol. The number of likely N-dealkylation sites (tertiary alicyclic amines) is 1. The van der Waals surface area contributed by atoms with E-state index in [4.69, 9.17) is 0 Å². The van der Waals surface area contributed by atoms with Crippen molar-refractivity contribution in [3.8, 4) is 0 Å². The topological polar surface area (TPSA) is 36.4 Å². The van der Waals surface area contributed by atoms with Crippen molar-refractivity contribution in [2.75, 3.05) is 13.1 Å². The van der Waals surface area contributed by atoms with Crippen LogP contribution in [-0.2, 0) is 6.54 Å². The second-order valence-corrected chi connectivity index (χ2v) is 5.20. The van der Waals surface area contributed by atoms with Crippen LogP contribution in [0.2, 0.25) is 0 Å². The van der Waals surface area contributed by atoms with Crippen LogP contribution in [0.25, 0.3) is 0 Å². The number of aromatic nitrogens is 1. The highest BCUT2D eigenvalue weighted by Gasteiger charge is 2.17. The van der Waals surface area contributed by atoms with E-state index in [0.29, 0.717) is 0 Å². The highest BCUT2D eigenvalue weighted by molar-refractivity contribution is 7.11. The summed E-state index contributed by atoms with van der Waals surface area (Å²) in [6, 6.07) is 0. The molecule has 0 saturated carbocycles. The fourth-order valence-electron chi connectivity index (χ4n) is 1.87. The van der Waals surface area contributed by atoms with E-state index in [2.05, 4.69) is 9.88 Å². The van der Waals surface area contributed by atoms with Gasteiger partial charge in [-0.25, -0.2) is 4.98 Å². The Kier molecular flexibility index (Phi) is 3.15. The maximum Gasteiger partial charge on any atom is 0.0897 e. The average Bonchev–Trinajstić information content (AvgIpc) is 2.51. The first-order chi connectivity index (χ1) is 6.74.